The van der Waals surface area contributed by atoms with Gasteiger partial charge in [0, 0.05) is 36.4 Å². The first kappa shape index (κ1) is 17.8. The highest BCUT2D eigenvalue weighted by Gasteiger charge is 2.18. The fraction of sp³-hybridized carbons (Fsp3) is 0.421. The molecule has 1 amide bonds. The maximum absolute atomic E-state index is 12.7. The van der Waals surface area contributed by atoms with Crippen LogP contribution in [0.2, 0.25) is 5.02 Å². The summed E-state index contributed by atoms with van der Waals surface area (Å²) in [7, 11) is 1.83. The summed E-state index contributed by atoms with van der Waals surface area (Å²) in [6, 6.07) is 9.07. The van der Waals surface area contributed by atoms with E-state index >= 15 is 0 Å². The van der Waals surface area contributed by atoms with Crippen LogP contribution in [0.25, 0.3) is 11.4 Å². The van der Waals surface area contributed by atoms with Crippen molar-refractivity contribution in [3.05, 3.63) is 46.7 Å². The molecule has 0 atom stereocenters. The first-order valence-corrected chi connectivity index (χ1v) is 9.00. The number of aryl methyl sites for hydroxylation is 1. The molecule has 0 spiro atoms. The Morgan fingerprint density at radius 1 is 1.20 bits per heavy atom. The van der Waals surface area contributed by atoms with Crippen LogP contribution >= 0.6 is 11.6 Å². The zero-order valence-electron chi connectivity index (χ0n) is 14.7. The summed E-state index contributed by atoms with van der Waals surface area (Å²) in [4.78, 5) is 25.8. The predicted molar refractivity (Wildman–Crippen MR) is 99.8 cm³/mol. The molecule has 6 heteroatoms. The summed E-state index contributed by atoms with van der Waals surface area (Å²) in [5, 5.41) is 0.661. The molecule has 1 aliphatic rings. The number of nitrogens with zero attached hydrogens (tertiary/aromatic N) is 4. The van der Waals surface area contributed by atoms with Crippen LogP contribution in [0.3, 0.4) is 0 Å². The molecule has 1 aliphatic heterocycles. The molecule has 0 radical (unpaired) electrons. The van der Waals surface area contributed by atoms with Gasteiger partial charge < -0.3 is 9.80 Å². The molecular formula is C19H23ClN4O. The second-order valence-electron chi connectivity index (χ2n) is 6.50. The van der Waals surface area contributed by atoms with Crippen molar-refractivity contribution in [2.45, 2.75) is 19.8 Å². The minimum absolute atomic E-state index is 0.0695. The molecule has 0 bridgehead atoms. The Hall–Kier alpha value is -1.98. The van der Waals surface area contributed by atoms with Gasteiger partial charge in [-0.05, 0) is 63.2 Å². The Labute approximate surface area is 153 Å². The largest absolute Gasteiger partial charge is 0.339 e. The van der Waals surface area contributed by atoms with Crippen molar-refractivity contribution in [3.8, 4) is 11.4 Å². The number of hydrogen-bond donors (Lipinski definition) is 0. The van der Waals surface area contributed by atoms with Crippen LogP contribution in [0.5, 0.6) is 0 Å². The number of hydrogen-bond acceptors (Lipinski definition) is 4. The van der Waals surface area contributed by atoms with Gasteiger partial charge >= 0.3 is 0 Å². The second kappa shape index (κ2) is 7.93. The highest BCUT2D eigenvalue weighted by Crippen LogP contribution is 2.19. The maximum Gasteiger partial charge on any atom is 0.272 e. The van der Waals surface area contributed by atoms with Gasteiger partial charge in [0.1, 0.15) is 5.69 Å². The zero-order chi connectivity index (χ0) is 17.8. The van der Waals surface area contributed by atoms with Crippen LogP contribution in [0, 0.1) is 6.92 Å². The summed E-state index contributed by atoms with van der Waals surface area (Å²) in [6.45, 7) is 5.77. The van der Waals surface area contributed by atoms with Crippen molar-refractivity contribution in [2.75, 3.05) is 33.2 Å². The monoisotopic (exact) mass is 358 g/mol. The Kier molecular flexibility index (Phi) is 5.66. The molecule has 0 saturated carbocycles. The standard InChI is InChI=1S/C19H23ClN4O/c1-14-13-17(19(25)23(2)11-12-24-9-3-4-10-24)22-18(21-14)15-5-7-16(20)8-6-15/h5-8,13H,3-4,9-12H2,1-2H3. The topological polar surface area (TPSA) is 49.3 Å². The van der Waals surface area contributed by atoms with Crippen LogP contribution in [-0.2, 0) is 0 Å². The number of likely N-dealkylation sites (N-methyl/N-ethyl adjacent to an activating group) is 1. The fourth-order valence-electron chi connectivity index (χ4n) is 3.00. The van der Waals surface area contributed by atoms with E-state index in [0.717, 1.165) is 30.9 Å². The third-order valence-electron chi connectivity index (χ3n) is 4.47. The normalized spacial score (nSPS) is 14.7. The van der Waals surface area contributed by atoms with Crippen LogP contribution in [-0.4, -0.2) is 58.9 Å². The smallest absolute Gasteiger partial charge is 0.272 e. The lowest BCUT2D eigenvalue weighted by Gasteiger charge is -2.21. The van der Waals surface area contributed by atoms with Gasteiger partial charge in [0.15, 0.2) is 5.82 Å². The molecule has 1 fully saturated rings. The Morgan fingerprint density at radius 3 is 2.56 bits per heavy atom. The van der Waals surface area contributed by atoms with Gasteiger partial charge in [0.25, 0.3) is 5.91 Å². The minimum Gasteiger partial charge on any atom is -0.339 e. The summed E-state index contributed by atoms with van der Waals surface area (Å²) in [6.07, 6.45) is 2.51. The van der Waals surface area contributed by atoms with Gasteiger partial charge in [-0.3, -0.25) is 4.79 Å². The number of amides is 1. The first-order valence-electron chi connectivity index (χ1n) is 8.62. The van der Waals surface area contributed by atoms with Crippen LogP contribution < -0.4 is 0 Å². The Balaban J connectivity index is 1.74. The molecule has 1 aromatic carbocycles. The average Bonchev–Trinajstić information content (AvgIpc) is 3.12. The van der Waals surface area contributed by atoms with Crippen LogP contribution in [0.15, 0.2) is 30.3 Å². The van der Waals surface area contributed by atoms with Crippen molar-refractivity contribution >= 4 is 17.5 Å². The number of aromatic nitrogens is 2. The molecule has 0 aliphatic carbocycles. The lowest BCUT2D eigenvalue weighted by molar-refractivity contribution is 0.0776. The van der Waals surface area contributed by atoms with E-state index in [9.17, 15) is 4.79 Å². The molecule has 132 valence electrons. The lowest BCUT2D eigenvalue weighted by atomic mass is 10.2. The van der Waals surface area contributed by atoms with Crippen LogP contribution in [0.1, 0.15) is 29.0 Å². The molecule has 3 rings (SSSR count). The number of likely N-dealkylation sites (tertiary alicyclic amines) is 1. The number of halogens is 1. The minimum atomic E-state index is -0.0695. The summed E-state index contributed by atoms with van der Waals surface area (Å²) >= 11 is 5.94. The summed E-state index contributed by atoms with van der Waals surface area (Å²) in [5.41, 5.74) is 2.06. The molecule has 5 nitrogen and oxygen atoms in total. The third-order valence-corrected chi connectivity index (χ3v) is 4.72. The van der Waals surface area contributed by atoms with Gasteiger partial charge in [-0.25, -0.2) is 9.97 Å². The van der Waals surface area contributed by atoms with E-state index in [4.69, 9.17) is 11.6 Å². The predicted octanol–water partition coefficient (Wildman–Crippen LogP) is 3.27. The van der Waals surface area contributed by atoms with E-state index in [2.05, 4.69) is 14.9 Å². The number of carbonyl (C=O) groups is 1. The summed E-state index contributed by atoms with van der Waals surface area (Å²) in [5.74, 6) is 0.480. The van der Waals surface area contributed by atoms with Gasteiger partial charge in [0.05, 0.1) is 0 Å². The molecule has 2 aromatic rings. The maximum atomic E-state index is 12.7. The molecule has 1 saturated heterocycles. The SMILES string of the molecule is Cc1cc(C(=O)N(C)CCN2CCCC2)nc(-c2ccc(Cl)cc2)n1. The number of rotatable bonds is 5. The second-order valence-corrected chi connectivity index (χ2v) is 6.94. The van der Waals surface area contributed by atoms with E-state index in [1.54, 1.807) is 23.1 Å². The molecule has 0 unspecified atom stereocenters. The average molecular weight is 359 g/mol. The number of benzene rings is 1. The molecule has 1 aromatic heterocycles. The van der Waals surface area contributed by atoms with E-state index < -0.39 is 0 Å². The van der Waals surface area contributed by atoms with Crippen LogP contribution in [0.4, 0.5) is 0 Å². The zero-order valence-corrected chi connectivity index (χ0v) is 15.5. The van der Waals surface area contributed by atoms with E-state index in [0.29, 0.717) is 23.1 Å². The highest BCUT2D eigenvalue weighted by atomic mass is 35.5. The molecular weight excluding hydrogens is 336 g/mol. The van der Waals surface area contributed by atoms with E-state index in [1.807, 2.05) is 26.1 Å². The van der Waals surface area contributed by atoms with Gasteiger partial charge in [-0.1, -0.05) is 11.6 Å². The number of carbonyl (C=O) groups excluding carboxylic acids is 1. The molecule has 2 heterocycles. The fourth-order valence-corrected chi connectivity index (χ4v) is 3.13. The van der Waals surface area contributed by atoms with E-state index in [1.165, 1.54) is 12.8 Å². The van der Waals surface area contributed by atoms with Crippen molar-refractivity contribution < 1.29 is 4.79 Å². The van der Waals surface area contributed by atoms with Crippen molar-refractivity contribution in [1.82, 2.24) is 19.8 Å². The molecule has 0 N–H and O–H groups in total. The van der Waals surface area contributed by atoms with Crippen molar-refractivity contribution in [2.24, 2.45) is 0 Å². The summed E-state index contributed by atoms with van der Waals surface area (Å²) < 4.78 is 0. The lowest BCUT2D eigenvalue weighted by Crippen LogP contribution is -2.35. The highest BCUT2D eigenvalue weighted by molar-refractivity contribution is 6.30. The van der Waals surface area contributed by atoms with Crippen molar-refractivity contribution in [1.29, 1.82) is 0 Å². The van der Waals surface area contributed by atoms with Gasteiger partial charge in [0.2, 0.25) is 0 Å². The van der Waals surface area contributed by atoms with E-state index in [-0.39, 0.29) is 5.91 Å². The van der Waals surface area contributed by atoms with Gasteiger partial charge in [-0.2, -0.15) is 0 Å². The Bertz CT molecular complexity index is 742. The molecule has 25 heavy (non-hydrogen) atoms. The van der Waals surface area contributed by atoms with Crippen molar-refractivity contribution in [3.63, 3.8) is 0 Å². The van der Waals surface area contributed by atoms with Gasteiger partial charge in [-0.15, -0.1) is 0 Å². The Morgan fingerprint density at radius 2 is 1.88 bits per heavy atom. The third kappa shape index (κ3) is 4.55. The first-order chi connectivity index (χ1) is 12.0. The quantitative estimate of drug-likeness (QED) is 0.823.